The van der Waals surface area contributed by atoms with Crippen LogP contribution in [-0.2, 0) is 16.0 Å². The molecule has 146 valence electrons. The maximum absolute atomic E-state index is 12.3. The number of hydrogen-bond donors (Lipinski definition) is 1. The van der Waals surface area contributed by atoms with Crippen LogP contribution in [0.25, 0.3) is 5.78 Å². The lowest BCUT2D eigenvalue weighted by Gasteiger charge is -2.10. The van der Waals surface area contributed by atoms with Gasteiger partial charge in [-0.15, -0.1) is 5.10 Å². The molecule has 9 heteroatoms. The summed E-state index contributed by atoms with van der Waals surface area (Å²) < 4.78 is 6.38. The Bertz CT molecular complexity index is 1030. The molecule has 1 aromatic carbocycles. The van der Waals surface area contributed by atoms with Crippen molar-refractivity contribution in [3.05, 3.63) is 46.8 Å². The third kappa shape index (κ3) is 4.14. The van der Waals surface area contributed by atoms with Crippen LogP contribution in [0.4, 0.5) is 5.69 Å². The highest BCUT2D eigenvalue weighted by Gasteiger charge is 2.14. The lowest BCUT2D eigenvalue weighted by atomic mass is 10.1. The molecule has 8 nitrogen and oxygen atoms in total. The lowest BCUT2D eigenvalue weighted by molar-refractivity contribution is -0.116. The molecule has 2 heterocycles. The van der Waals surface area contributed by atoms with Gasteiger partial charge in [0.05, 0.1) is 12.7 Å². The molecule has 0 aliphatic heterocycles. The molecule has 0 bridgehead atoms. The molecule has 0 aliphatic carbocycles. The van der Waals surface area contributed by atoms with E-state index < -0.39 is 5.97 Å². The molecule has 0 spiro atoms. The van der Waals surface area contributed by atoms with Gasteiger partial charge in [-0.05, 0) is 56.4 Å². The molecule has 0 radical (unpaired) electrons. The Kier molecular flexibility index (Phi) is 5.93. The molecule has 1 N–H and O–H groups in total. The van der Waals surface area contributed by atoms with Gasteiger partial charge in [0, 0.05) is 23.5 Å². The molecule has 1 amide bonds. The Labute approximate surface area is 166 Å². The SMILES string of the molecule is COC(=O)c1ccc(NC(=O)CCc2c(C)nc3nc(SC)nn3c2C)cc1. The molecule has 2 aromatic heterocycles. The lowest BCUT2D eigenvalue weighted by Crippen LogP contribution is -2.14. The largest absolute Gasteiger partial charge is 0.465 e. The van der Waals surface area contributed by atoms with Crippen LogP contribution in [0.3, 0.4) is 0 Å². The van der Waals surface area contributed by atoms with Gasteiger partial charge in [-0.1, -0.05) is 11.8 Å². The second kappa shape index (κ2) is 8.39. The molecular formula is C19H21N5O3S. The first kappa shape index (κ1) is 19.8. The summed E-state index contributed by atoms with van der Waals surface area (Å²) in [6.07, 6.45) is 2.76. The van der Waals surface area contributed by atoms with E-state index in [9.17, 15) is 9.59 Å². The van der Waals surface area contributed by atoms with Crippen molar-refractivity contribution in [1.29, 1.82) is 0 Å². The molecule has 28 heavy (non-hydrogen) atoms. The number of aromatic nitrogens is 4. The number of methoxy groups -OCH3 is 1. The predicted molar refractivity (Wildman–Crippen MR) is 107 cm³/mol. The average Bonchev–Trinajstić information content (AvgIpc) is 3.11. The first-order valence-electron chi connectivity index (χ1n) is 8.68. The Hall–Kier alpha value is -2.94. The summed E-state index contributed by atoms with van der Waals surface area (Å²) in [5.41, 5.74) is 3.83. The Morgan fingerprint density at radius 3 is 2.54 bits per heavy atom. The fraction of sp³-hybridized carbons (Fsp3) is 0.316. The van der Waals surface area contributed by atoms with Crippen molar-refractivity contribution in [2.75, 3.05) is 18.7 Å². The number of fused-ring (bicyclic) bond motifs is 1. The number of amides is 1. The number of carbonyl (C=O) groups is 2. The zero-order valence-corrected chi connectivity index (χ0v) is 17.0. The van der Waals surface area contributed by atoms with Gasteiger partial charge in [0.25, 0.3) is 5.78 Å². The third-order valence-corrected chi connectivity index (χ3v) is 4.94. The van der Waals surface area contributed by atoms with Crippen molar-refractivity contribution >= 4 is 35.1 Å². The molecule has 0 atom stereocenters. The third-order valence-electron chi connectivity index (χ3n) is 4.40. The Balaban J connectivity index is 1.68. The highest BCUT2D eigenvalue weighted by atomic mass is 32.2. The molecule has 0 saturated heterocycles. The average molecular weight is 399 g/mol. The van der Waals surface area contributed by atoms with Gasteiger partial charge in [0.1, 0.15) is 0 Å². The number of nitrogens with zero attached hydrogens (tertiary/aromatic N) is 4. The van der Waals surface area contributed by atoms with Crippen LogP contribution in [-0.4, -0.2) is 44.8 Å². The van der Waals surface area contributed by atoms with E-state index in [1.807, 2.05) is 20.1 Å². The molecule has 3 aromatic rings. The van der Waals surface area contributed by atoms with Crippen molar-refractivity contribution in [3.8, 4) is 0 Å². The zero-order chi connectivity index (χ0) is 20.3. The fourth-order valence-corrected chi connectivity index (χ4v) is 3.24. The molecule has 0 unspecified atom stereocenters. The van der Waals surface area contributed by atoms with Crippen molar-refractivity contribution < 1.29 is 14.3 Å². The van der Waals surface area contributed by atoms with E-state index in [0.29, 0.717) is 35.0 Å². The van der Waals surface area contributed by atoms with E-state index in [-0.39, 0.29) is 5.91 Å². The smallest absolute Gasteiger partial charge is 0.337 e. The van der Waals surface area contributed by atoms with Crippen molar-refractivity contribution in [2.24, 2.45) is 0 Å². The van der Waals surface area contributed by atoms with Gasteiger partial charge in [0.2, 0.25) is 11.1 Å². The summed E-state index contributed by atoms with van der Waals surface area (Å²) in [5.74, 6) is 0.0378. The quantitative estimate of drug-likeness (QED) is 0.503. The zero-order valence-electron chi connectivity index (χ0n) is 16.1. The van der Waals surface area contributed by atoms with Crippen LogP contribution >= 0.6 is 11.8 Å². The summed E-state index contributed by atoms with van der Waals surface area (Å²) in [4.78, 5) is 32.7. The van der Waals surface area contributed by atoms with Crippen LogP contribution in [0.1, 0.15) is 33.7 Å². The Morgan fingerprint density at radius 1 is 1.18 bits per heavy atom. The van der Waals surface area contributed by atoms with Gasteiger partial charge >= 0.3 is 5.97 Å². The normalized spacial score (nSPS) is 10.9. The molecule has 0 aliphatic rings. The molecule has 3 rings (SSSR count). The van der Waals surface area contributed by atoms with Crippen LogP contribution in [0.15, 0.2) is 29.4 Å². The number of aryl methyl sites for hydroxylation is 2. The number of hydrogen-bond acceptors (Lipinski definition) is 7. The minimum Gasteiger partial charge on any atom is -0.465 e. The summed E-state index contributed by atoms with van der Waals surface area (Å²) >= 11 is 1.46. The van der Waals surface area contributed by atoms with Gasteiger partial charge in [-0.25, -0.2) is 14.3 Å². The van der Waals surface area contributed by atoms with Crippen LogP contribution in [0, 0.1) is 13.8 Å². The van der Waals surface area contributed by atoms with Crippen LogP contribution in [0.2, 0.25) is 0 Å². The predicted octanol–water partition coefficient (Wildman–Crippen LogP) is 2.82. The van der Waals surface area contributed by atoms with Gasteiger partial charge < -0.3 is 10.1 Å². The van der Waals surface area contributed by atoms with E-state index in [2.05, 4.69) is 25.1 Å². The van der Waals surface area contributed by atoms with Crippen LogP contribution < -0.4 is 5.32 Å². The maximum Gasteiger partial charge on any atom is 0.337 e. The number of esters is 1. The Morgan fingerprint density at radius 2 is 1.89 bits per heavy atom. The number of nitrogens with one attached hydrogen (secondary N) is 1. The summed E-state index contributed by atoms with van der Waals surface area (Å²) in [5, 5.41) is 7.93. The van der Waals surface area contributed by atoms with Gasteiger partial charge in [-0.3, -0.25) is 4.79 Å². The summed E-state index contributed by atoms with van der Waals surface area (Å²) in [7, 11) is 1.33. The van der Waals surface area contributed by atoms with Gasteiger partial charge in [0.15, 0.2) is 0 Å². The molecular weight excluding hydrogens is 378 g/mol. The fourth-order valence-electron chi connectivity index (χ4n) is 2.91. The number of carbonyl (C=O) groups excluding carboxylic acids is 2. The van der Waals surface area contributed by atoms with E-state index in [1.165, 1.54) is 18.9 Å². The van der Waals surface area contributed by atoms with E-state index in [1.54, 1.807) is 28.8 Å². The van der Waals surface area contributed by atoms with Crippen LogP contribution in [0.5, 0.6) is 0 Å². The number of anilines is 1. The van der Waals surface area contributed by atoms with Gasteiger partial charge in [-0.2, -0.15) is 4.98 Å². The topological polar surface area (TPSA) is 98.5 Å². The molecule has 0 fully saturated rings. The monoisotopic (exact) mass is 399 g/mol. The van der Waals surface area contributed by atoms with E-state index in [4.69, 9.17) is 0 Å². The second-order valence-corrected chi connectivity index (χ2v) is 6.96. The van der Waals surface area contributed by atoms with Crippen molar-refractivity contribution in [2.45, 2.75) is 31.8 Å². The number of rotatable bonds is 6. The minimum absolute atomic E-state index is 0.117. The highest BCUT2D eigenvalue weighted by Crippen LogP contribution is 2.18. The number of thioether (sulfide) groups is 1. The summed E-state index contributed by atoms with van der Waals surface area (Å²) in [6, 6.07) is 6.57. The first-order valence-corrected chi connectivity index (χ1v) is 9.90. The standard InChI is InChI=1S/C19H21N5O3S/c1-11-15(12(2)24-18(20-11)22-19(23-24)28-4)9-10-16(25)21-14-7-5-13(6-8-14)17(26)27-3/h5-8H,9-10H2,1-4H3,(H,21,25). The highest BCUT2D eigenvalue weighted by molar-refractivity contribution is 7.98. The second-order valence-electron chi connectivity index (χ2n) is 6.19. The van der Waals surface area contributed by atoms with Crippen molar-refractivity contribution in [3.63, 3.8) is 0 Å². The summed E-state index contributed by atoms with van der Waals surface area (Å²) in [6.45, 7) is 3.87. The number of ether oxygens (including phenoxy) is 1. The minimum atomic E-state index is -0.413. The maximum atomic E-state index is 12.3. The van der Waals surface area contributed by atoms with E-state index >= 15 is 0 Å². The molecule has 0 saturated carbocycles. The van der Waals surface area contributed by atoms with E-state index in [0.717, 1.165) is 17.0 Å². The first-order chi connectivity index (χ1) is 13.4. The number of benzene rings is 1. The van der Waals surface area contributed by atoms with Crippen molar-refractivity contribution in [1.82, 2.24) is 19.6 Å².